The molecule has 34 heavy (non-hydrogen) atoms. The van der Waals surface area contributed by atoms with Crippen LogP contribution in [0.5, 0.6) is 0 Å². The Bertz CT molecular complexity index is 1250. The second-order valence-corrected chi connectivity index (χ2v) is 10.9. The number of sulfonamides is 1. The minimum absolute atomic E-state index is 0.0237. The lowest BCUT2D eigenvalue weighted by molar-refractivity contribution is -0.143. The van der Waals surface area contributed by atoms with E-state index in [0.717, 1.165) is 0 Å². The van der Waals surface area contributed by atoms with Crippen molar-refractivity contribution in [2.75, 3.05) is 26.7 Å². The Labute approximate surface area is 199 Å². The molecular formula is C25H28N2O6S. The maximum absolute atomic E-state index is 13.1. The molecule has 1 saturated heterocycles. The van der Waals surface area contributed by atoms with E-state index in [9.17, 15) is 22.8 Å². The first kappa shape index (κ1) is 24.3. The van der Waals surface area contributed by atoms with Crippen molar-refractivity contribution in [3.63, 3.8) is 0 Å². The highest BCUT2D eigenvalue weighted by Crippen LogP contribution is 2.29. The summed E-state index contributed by atoms with van der Waals surface area (Å²) in [6, 6.07) is 10.5. The van der Waals surface area contributed by atoms with Gasteiger partial charge < -0.3 is 9.64 Å². The summed E-state index contributed by atoms with van der Waals surface area (Å²) in [5.41, 5.74) is 0.878. The van der Waals surface area contributed by atoms with Gasteiger partial charge >= 0.3 is 0 Å². The fraction of sp³-hybridized carbons (Fsp3) is 0.400. The first-order chi connectivity index (χ1) is 16.1. The number of rotatable bonds is 6. The second kappa shape index (κ2) is 9.40. The van der Waals surface area contributed by atoms with E-state index in [1.165, 1.54) is 29.6 Å². The number of morpholine rings is 1. The molecule has 0 radical (unpaired) electrons. The van der Waals surface area contributed by atoms with Crippen molar-refractivity contribution in [3.05, 3.63) is 64.7 Å². The molecule has 8 nitrogen and oxygen atoms in total. The molecule has 0 spiro atoms. The molecule has 0 aromatic heterocycles. The van der Waals surface area contributed by atoms with Crippen LogP contribution in [-0.4, -0.2) is 74.0 Å². The van der Waals surface area contributed by atoms with Crippen LogP contribution in [0, 0.1) is 0 Å². The van der Waals surface area contributed by atoms with Crippen LogP contribution in [0.2, 0.25) is 0 Å². The van der Waals surface area contributed by atoms with Crippen molar-refractivity contribution >= 4 is 27.5 Å². The molecule has 180 valence electrons. The number of hydrogen-bond donors (Lipinski definition) is 0. The van der Waals surface area contributed by atoms with Gasteiger partial charge in [0.2, 0.25) is 15.9 Å². The van der Waals surface area contributed by atoms with Crippen molar-refractivity contribution in [1.82, 2.24) is 9.21 Å². The summed E-state index contributed by atoms with van der Waals surface area (Å²) >= 11 is 0. The van der Waals surface area contributed by atoms with E-state index in [0.29, 0.717) is 25.1 Å². The number of carbonyl (C=O) groups is 3. The number of benzene rings is 2. The fourth-order valence-corrected chi connectivity index (χ4v) is 5.77. The zero-order valence-corrected chi connectivity index (χ0v) is 20.3. The number of fused-ring (bicyclic) bond motifs is 2. The summed E-state index contributed by atoms with van der Waals surface area (Å²) in [4.78, 5) is 40.0. The molecule has 0 unspecified atom stereocenters. The minimum Gasteiger partial charge on any atom is -0.372 e. The zero-order valence-electron chi connectivity index (χ0n) is 19.5. The van der Waals surface area contributed by atoms with Crippen LogP contribution in [0.4, 0.5) is 0 Å². The van der Waals surface area contributed by atoms with Gasteiger partial charge in [0.15, 0.2) is 11.6 Å². The summed E-state index contributed by atoms with van der Waals surface area (Å²) in [6.45, 7) is 5.05. The first-order valence-corrected chi connectivity index (χ1v) is 12.8. The van der Waals surface area contributed by atoms with Crippen molar-refractivity contribution in [2.45, 2.75) is 43.8 Å². The van der Waals surface area contributed by atoms with Crippen LogP contribution in [0.1, 0.15) is 58.5 Å². The molecule has 1 aliphatic heterocycles. The molecule has 2 aliphatic rings. The zero-order chi connectivity index (χ0) is 24.6. The molecule has 2 atom stereocenters. The summed E-state index contributed by atoms with van der Waals surface area (Å²) in [5.74, 6) is -0.693. The van der Waals surface area contributed by atoms with E-state index in [4.69, 9.17) is 4.74 Å². The first-order valence-electron chi connectivity index (χ1n) is 11.3. The van der Waals surface area contributed by atoms with Crippen molar-refractivity contribution in [1.29, 1.82) is 0 Å². The smallest absolute Gasteiger partial charge is 0.242 e. The number of ketones is 2. The van der Waals surface area contributed by atoms with E-state index >= 15 is 0 Å². The Hall–Kier alpha value is -2.88. The fourth-order valence-electron chi connectivity index (χ4n) is 4.53. The van der Waals surface area contributed by atoms with Gasteiger partial charge in [0.1, 0.15) is 0 Å². The Morgan fingerprint density at radius 1 is 0.971 bits per heavy atom. The van der Waals surface area contributed by atoms with E-state index in [-0.39, 0.29) is 64.2 Å². The molecule has 1 heterocycles. The minimum atomic E-state index is -3.91. The van der Waals surface area contributed by atoms with Gasteiger partial charge in [-0.25, -0.2) is 12.7 Å². The van der Waals surface area contributed by atoms with Gasteiger partial charge in [-0.05, 0) is 38.5 Å². The van der Waals surface area contributed by atoms with Gasteiger partial charge in [0.25, 0.3) is 0 Å². The third-order valence-electron chi connectivity index (χ3n) is 6.24. The third kappa shape index (κ3) is 4.55. The lowest BCUT2D eigenvalue weighted by Crippen LogP contribution is -2.48. The molecule has 1 amide bonds. The van der Waals surface area contributed by atoms with Crippen molar-refractivity contribution < 1.29 is 27.5 Å². The summed E-state index contributed by atoms with van der Waals surface area (Å²) in [5, 5.41) is 0. The van der Waals surface area contributed by atoms with Crippen LogP contribution in [0.15, 0.2) is 47.4 Å². The molecule has 0 saturated carbocycles. The summed E-state index contributed by atoms with van der Waals surface area (Å²) < 4.78 is 33.1. The molecular weight excluding hydrogens is 456 g/mol. The molecule has 9 heteroatoms. The summed E-state index contributed by atoms with van der Waals surface area (Å²) in [6.07, 6.45) is 0.542. The van der Waals surface area contributed by atoms with E-state index in [1.54, 1.807) is 29.2 Å². The SMILES string of the molecule is C[C@@H]1CN(C(=O)CCCN(C)S(=O)(=O)c2ccc3c(c2)C(=O)c2ccccc2C3=O)C[C@@H](C)O1. The third-order valence-corrected chi connectivity index (χ3v) is 8.09. The van der Waals surface area contributed by atoms with Crippen molar-refractivity contribution in [2.24, 2.45) is 0 Å². The molecule has 2 aromatic rings. The quantitative estimate of drug-likeness (QED) is 0.533. The topological polar surface area (TPSA) is 101 Å². The van der Waals surface area contributed by atoms with Gasteiger partial charge in [0.05, 0.1) is 17.1 Å². The largest absolute Gasteiger partial charge is 0.372 e. The number of nitrogens with zero attached hydrogens (tertiary/aromatic N) is 2. The average Bonchev–Trinajstić information content (AvgIpc) is 2.81. The lowest BCUT2D eigenvalue weighted by Gasteiger charge is -2.35. The number of ether oxygens (including phenoxy) is 1. The maximum Gasteiger partial charge on any atom is 0.242 e. The standard InChI is InChI=1S/C25H28N2O6S/c1-16-14-27(15-17(2)33-16)23(28)9-6-12-26(3)34(31,32)18-10-11-21-22(13-18)25(30)20-8-5-4-7-19(20)24(21)29/h4-5,7-8,10-11,13,16-17H,6,9,12,14-15H2,1-3H3/t16-,17-/m1/s1. The Morgan fingerprint density at radius 2 is 1.53 bits per heavy atom. The maximum atomic E-state index is 13.1. The van der Waals surface area contributed by atoms with Crippen LogP contribution < -0.4 is 0 Å². The molecule has 2 aromatic carbocycles. The van der Waals surface area contributed by atoms with Crippen LogP contribution in [0.3, 0.4) is 0 Å². The van der Waals surface area contributed by atoms with Gasteiger partial charge in [-0.15, -0.1) is 0 Å². The Kier molecular flexibility index (Phi) is 6.71. The Morgan fingerprint density at radius 3 is 2.15 bits per heavy atom. The van der Waals surface area contributed by atoms with Crippen LogP contribution in [0.25, 0.3) is 0 Å². The lowest BCUT2D eigenvalue weighted by atomic mass is 9.84. The van der Waals surface area contributed by atoms with Gasteiger partial charge in [0, 0.05) is 55.4 Å². The summed E-state index contributed by atoms with van der Waals surface area (Å²) in [7, 11) is -2.46. The Balaban J connectivity index is 1.44. The van der Waals surface area contributed by atoms with E-state index in [2.05, 4.69) is 0 Å². The average molecular weight is 485 g/mol. The normalized spacial score (nSPS) is 20.3. The predicted molar refractivity (Wildman–Crippen MR) is 125 cm³/mol. The molecule has 0 bridgehead atoms. The van der Waals surface area contributed by atoms with Gasteiger partial charge in [-0.1, -0.05) is 24.3 Å². The highest BCUT2D eigenvalue weighted by atomic mass is 32.2. The number of amides is 1. The van der Waals surface area contributed by atoms with E-state index < -0.39 is 10.0 Å². The molecule has 4 rings (SSSR count). The van der Waals surface area contributed by atoms with Crippen LogP contribution >= 0.6 is 0 Å². The monoisotopic (exact) mass is 484 g/mol. The highest BCUT2D eigenvalue weighted by molar-refractivity contribution is 7.89. The second-order valence-electron chi connectivity index (χ2n) is 8.90. The van der Waals surface area contributed by atoms with Gasteiger partial charge in [-0.3, -0.25) is 14.4 Å². The predicted octanol–water partition coefficient (Wildman–Crippen LogP) is 2.50. The van der Waals surface area contributed by atoms with Gasteiger partial charge in [-0.2, -0.15) is 0 Å². The number of hydrogen-bond acceptors (Lipinski definition) is 6. The van der Waals surface area contributed by atoms with Crippen molar-refractivity contribution in [3.8, 4) is 0 Å². The highest BCUT2D eigenvalue weighted by Gasteiger charge is 2.32. The molecule has 1 fully saturated rings. The molecule has 0 N–H and O–H groups in total. The van der Waals surface area contributed by atoms with E-state index in [1.807, 2.05) is 13.8 Å². The molecule has 1 aliphatic carbocycles. The number of carbonyl (C=O) groups excluding carboxylic acids is 3. The van der Waals surface area contributed by atoms with Crippen LogP contribution in [-0.2, 0) is 19.6 Å².